The molecule has 136 valence electrons. The molecule has 2 fully saturated rings. The first-order valence-corrected chi connectivity index (χ1v) is 9.04. The number of carbonyl (C=O) groups is 2. The number of aromatic nitrogens is 4. The van der Waals surface area contributed by atoms with Gasteiger partial charge in [0.2, 0.25) is 11.8 Å². The minimum atomic E-state index is -0.696. The van der Waals surface area contributed by atoms with Gasteiger partial charge in [-0.25, -0.2) is 4.68 Å². The molecule has 1 atom stereocenters. The average molecular weight is 354 g/mol. The van der Waals surface area contributed by atoms with E-state index in [4.69, 9.17) is 0 Å². The van der Waals surface area contributed by atoms with Crippen molar-refractivity contribution in [3.8, 4) is 0 Å². The van der Waals surface area contributed by atoms with Gasteiger partial charge < -0.3 is 9.80 Å². The number of carbonyl (C=O) groups excluding carboxylic acids is 2. The first kappa shape index (κ1) is 16.7. The van der Waals surface area contributed by atoms with Gasteiger partial charge in [-0.15, -0.1) is 5.10 Å². The molecule has 2 aromatic rings. The predicted octanol–water partition coefficient (Wildman–Crippen LogP) is 0.857. The highest BCUT2D eigenvalue weighted by atomic mass is 16.2. The van der Waals surface area contributed by atoms with Gasteiger partial charge in [-0.05, 0) is 41.7 Å². The van der Waals surface area contributed by atoms with Crippen LogP contribution in [0.25, 0.3) is 0 Å². The van der Waals surface area contributed by atoms with E-state index in [-0.39, 0.29) is 18.4 Å². The lowest BCUT2D eigenvalue weighted by molar-refractivity contribution is -0.156. The monoisotopic (exact) mass is 354 g/mol. The van der Waals surface area contributed by atoms with Gasteiger partial charge in [-0.3, -0.25) is 9.59 Å². The molecule has 8 nitrogen and oxygen atoms in total. The van der Waals surface area contributed by atoms with Crippen LogP contribution in [0.3, 0.4) is 0 Å². The number of hydrogen-bond acceptors (Lipinski definition) is 5. The summed E-state index contributed by atoms with van der Waals surface area (Å²) >= 11 is 0. The molecule has 4 rings (SSSR count). The van der Waals surface area contributed by atoms with Crippen molar-refractivity contribution in [3.63, 3.8) is 0 Å². The summed E-state index contributed by atoms with van der Waals surface area (Å²) in [5.74, 6) is -0.0140. The predicted molar refractivity (Wildman–Crippen MR) is 92.6 cm³/mol. The van der Waals surface area contributed by atoms with Gasteiger partial charge in [-0.1, -0.05) is 30.3 Å². The molecule has 2 aliphatic heterocycles. The number of rotatable bonds is 4. The lowest BCUT2D eigenvalue weighted by atomic mass is 9.85. The van der Waals surface area contributed by atoms with E-state index in [2.05, 4.69) is 15.5 Å². The molecule has 2 saturated heterocycles. The molecule has 0 aliphatic carbocycles. The molecule has 0 bridgehead atoms. The molecule has 0 radical (unpaired) electrons. The SMILES string of the molecule is O=C(Cn1cnnn1)N1CCCC12CCCN(Cc1ccccc1)C2=O. The highest BCUT2D eigenvalue weighted by molar-refractivity contribution is 5.92. The van der Waals surface area contributed by atoms with Crippen LogP contribution in [-0.4, -0.2) is 60.4 Å². The number of likely N-dealkylation sites (tertiary alicyclic amines) is 2. The van der Waals surface area contributed by atoms with Gasteiger partial charge in [0.15, 0.2) is 0 Å². The third-order valence-corrected chi connectivity index (χ3v) is 5.40. The Hall–Kier alpha value is -2.77. The fourth-order valence-electron chi connectivity index (χ4n) is 4.22. The molecule has 1 aromatic heterocycles. The van der Waals surface area contributed by atoms with Crippen molar-refractivity contribution >= 4 is 11.8 Å². The Morgan fingerprint density at radius 3 is 2.62 bits per heavy atom. The maximum atomic E-state index is 13.4. The molecular weight excluding hydrogens is 332 g/mol. The fraction of sp³-hybridized carbons (Fsp3) is 0.500. The third-order valence-electron chi connectivity index (χ3n) is 5.40. The maximum Gasteiger partial charge on any atom is 0.248 e. The van der Waals surface area contributed by atoms with Crippen LogP contribution in [0.5, 0.6) is 0 Å². The zero-order valence-corrected chi connectivity index (χ0v) is 14.6. The molecule has 0 saturated carbocycles. The van der Waals surface area contributed by atoms with Gasteiger partial charge in [-0.2, -0.15) is 0 Å². The van der Waals surface area contributed by atoms with Crippen LogP contribution >= 0.6 is 0 Å². The number of nitrogens with zero attached hydrogens (tertiary/aromatic N) is 6. The Labute approximate surface area is 151 Å². The quantitative estimate of drug-likeness (QED) is 0.813. The van der Waals surface area contributed by atoms with Crippen molar-refractivity contribution in [1.82, 2.24) is 30.0 Å². The van der Waals surface area contributed by atoms with Gasteiger partial charge in [0.1, 0.15) is 18.4 Å². The van der Waals surface area contributed by atoms with E-state index in [1.54, 1.807) is 4.90 Å². The standard InChI is InChI=1S/C18H22N6O2/c25-16(13-23-14-19-20-21-23)24-11-5-9-18(24)8-4-10-22(17(18)26)12-15-6-2-1-3-7-15/h1-3,6-7,14H,4-5,8-13H2. The zero-order chi connectivity index (χ0) is 18.0. The molecule has 2 aliphatic rings. The lowest BCUT2D eigenvalue weighted by Gasteiger charge is -2.44. The van der Waals surface area contributed by atoms with Crippen LogP contribution in [0.4, 0.5) is 0 Å². The average Bonchev–Trinajstić information content (AvgIpc) is 3.30. The van der Waals surface area contributed by atoms with E-state index < -0.39 is 5.54 Å². The molecule has 3 heterocycles. The number of hydrogen-bond donors (Lipinski definition) is 0. The van der Waals surface area contributed by atoms with Crippen molar-refractivity contribution in [2.75, 3.05) is 13.1 Å². The summed E-state index contributed by atoms with van der Waals surface area (Å²) in [4.78, 5) is 29.9. The van der Waals surface area contributed by atoms with Crippen molar-refractivity contribution in [2.24, 2.45) is 0 Å². The summed E-state index contributed by atoms with van der Waals surface area (Å²) in [6, 6.07) is 10.0. The highest BCUT2D eigenvalue weighted by Crippen LogP contribution is 2.38. The summed E-state index contributed by atoms with van der Waals surface area (Å²) in [5.41, 5.74) is 0.417. The zero-order valence-electron chi connectivity index (χ0n) is 14.6. The first-order chi connectivity index (χ1) is 12.7. The van der Waals surface area contributed by atoms with Gasteiger partial charge in [0.25, 0.3) is 0 Å². The summed E-state index contributed by atoms with van der Waals surface area (Å²) in [5, 5.41) is 10.9. The van der Waals surface area contributed by atoms with E-state index in [9.17, 15) is 9.59 Å². The third kappa shape index (κ3) is 2.95. The van der Waals surface area contributed by atoms with Gasteiger partial charge in [0, 0.05) is 19.6 Å². The van der Waals surface area contributed by atoms with Gasteiger partial charge in [0.05, 0.1) is 0 Å². The molecule has 1 aromatic carbocycles. The van der Waals surface area contributed by atoms with Crippen LogP contribution in [-0.2, 0) is 22.7 Å². The van der Waals surface area contributed by atoms with Crippen LogP contribution < -0.4 is 0 Å². The molecular formula is C18H22N6O2. The van der Waals surface area contributed by atoms with Crippen molar-refractivity contribution in [3.05, 3.63) is 42.2 Å². The van der Waals surface area contributed by atoms with E-state index in [1.807, 2.05) is 35.2 Å². The lowest BCUT2D eigenvalue weighted by Crippen LogP contribution is -2.61. The highest BCUT2D eigenvalue weighted by Gasteiger charge is 2.52. The summed E-state index contributed by atoms with van der Waals surface area (Å²) in [7, 11) is 0. The Bertz CT molecular complexity index is 778. The minimum Gasteiger partial charge on any atom is -0.336 e. The second-order valence-corrected chi connectivity index (χ2v) is 7.00. The van der Waals surface area contributed by atoms with E-state index >= 15 is 0 Å². The number of amides is 2. The Kier molecular flexibility index (Phi) is 4.40. The molecule has 1 spiro atoms. The van der Waals surface area contributed by atoms with E-state index in [0.29, 0.717) is 13.1 Å². The molecule has 1 unspecified atom stereocenters. The minimum absolute atomic E-state index is 0.0702. The van der Waals surface area contributed by atoms with E-state index in [1.165, 1.54) is 11.0 Å². The number of benzene rings is 1. The topological polar surface area (TPSA) is 84.2 Å². The largest absolute Gasteiger partial charge is 0.336 e. The van der Waals surface area contributed by atoms with E-state index in [0.717, 1.165) is 37.8 Å². The Morgan fingerprint density at radius 1 is 1.12 bits per heavy atom. The fourth-order valence-corrected chi connectivity index (χ4v) is 4.22. The summed E-state index contributed by atoms with van der Waals surface area (Å²) in [6.45, 7) is 2.02. The molecule has 2 amide bonds. The second-order valence-electron chi connectivity index (χ2n) is 7.00. The van der Waals surface area contributed by atoms with Crippen LogP contribution in [0, 0.1) is 0 Å². The smallest absolute Gasteiger partial charge is 0.248 e. The maximum absolute atomic E-state index is 13.4. The number of piperidine rings is 1. The summed E-state index contributed by atoms with van der Waals surface area (Å²) in [6.07, 6.45) is 4.65. The second kappa shape index (κ2) is 6.86. The van der Waals surface area contributed by atoms with Crippen LogP contribution in [0.1, 0.15) is 31.2 Å². The first-order valence-electron chi connectivity index (χ1n) is 9.04. The van der Waals surface area contributed by atoms with Crippen molar-refractivity contribution < 1.29 is 9.59 Å². The number of tetrazole rings is 1. The Balaban J connectivity index is 1.53. The molecule has 26 heavy (non-hydrogen) atoms. The Morgan fingerprint density at radius 2 is 1.88 bits per heavy atom. The van der Waals surface area contributed by atoms with Crippen LogP contribution in [0.15, 0.2) is 36.7 Å². The normalized spacial score (nSPS) is 23.0. The van der Waals surface area contributed by atoms with Crippen LogP contribution in [0.2, 0.25) is 0 Å². The molecule has 0 N–H and O–H groups in total. The van der Waals surface area contributed by atoms with Crippen molar-refractivity contribution in [1.29, 1.82) is 0 Å². The summed E-state index contributed by atoms with van der Waals surface area (Å²) < 4.78 is 1.41. The van der Waals surface area contributed by atoms with Gasteiger partial charge >= 0.3 is 0 Å². The van der Waals surface area contributed by atoms with Crippen molar-refractivity contribution in [2.45, 2.75) is 44.3 Å². The molecule has 8 heteroatoms.